The van der Waals surface area contributed by atoms with Gasteiger partial charge in [-0.05, 0) is 140 Å². The molecule has 5 unspecified atom stereocenters. The van der Waals surface area contributed by atoms with Crippen LogP contribution < -0.4 is 4.90 Å². The summed E-state index contributed by atoms with van der Waals surface area (Å²) in [6.45, 7) is 0. The number of hydrogen-bond donors (Lipinski definition) is 0. The van der Waals surface area contributed by atoms with E-state index in [1.165, 1.54) is 85.4 Å². The van der Waals surface area contributed by atoms with Crippen molar-refractivity contribution in [3.05, 3.63) is 185 Å². The van der Waals surface area contributed by atoms with Crippen molar-refractivity contribution < 1.29 is 0 Å². The molecular formula is C54H52N2. The van der Waals surface area contributed by atoms with E-state index in [2.05, 4.69) is 161 Å². The van der Waals surface area contributed by atoms with Crippen LogP contribution in [-0.2, 0) is 6.42 Å². The van der Waals surface area contributed by atoms with E-state index in [9.17, 15) is 0 Å². The van der Waals surface area contributed by atoms with Crippen LogP contribution in [0.5, 0.6) is 0 Å². The van der Waals surface area contributed by atoms with Gasteiger partial charge in [-0.25, -0.2) is 0 Å². The maximum atomic E-state index is 2.78. The van der Waals surface area contributed by atoms with Gasteiger partial charge in [-0.1, -0.05) is 128 Å². The number of benzene rings is 2. The summed E-state index contributed by atoms with van der Waals surface area (Å²) >= 11 is 0. The van der Waals surface area contributed by atoms with Gasteiger partial charge in [-0.15, -0.1) is 0 Å². The van der Waals surface area contributed by atoms with E-state index in [0.29, 0.717) is 29.8 Å². The van der Waals surface area contributed by atoms with Gasteiger partial charge in [-0.2, -0.15) is 0 Å². The van der Waals surface area contributed by atoms with Gasteiger partial charge in [0, 0.05) is 39.9 Å². The highest BCUT2D eigenvalue weighted by atomic mass is 15.2. The Bertz CT molecular complexity index is 2490. The van der Waals surface area contributed by atoms with Gasteiger partial charge in [-0.3, -0.25) is 0 Å². The smallest absolute Gasteiger partial charge is 0.0612 e. The summed E-state index contributed by atoms with van der Waals surface area (Å²) in [6.07, 6.45) is 58.3. The lowest BCUT2D eigenvalue weighted by atomic mass is 9.80. The average Bonchev–Trinajstić information content (AvgIpc) is 3.80. The van der Waals surface area contributed by atoms with Crippen molar-refractivity contribution in [2.45, 2.75) is 88.6 Å². The monoisotopic (exact) mass is 728 g/mol. The van der Waals surface area contributed by atoms with Crippen LogP contribution in [0, 0.1) is 11.8 Å². The van der Waals surface area contributed by atoms with E-state index in [1.54, 1.807) is 0 Å². The van der Waals surface area contributed by atoms with E-state index < -0.39 is 0 Å². The summed E-state index contributed by atoms with van der Waals surface area (Å²) in [5.41, 5.74) is 17.0. The second-order valence-corrected chi connectivity index (χ2v) is 17.1. The van der Waals surface area contributed by atoms with Crippen molar-refractivity contribution in [1.29, 1.82) is 0 Å². The van der Waals surface area contributed by atoms with E-state index in [0.717, 1.165) is 57.8 Å². The standard InChI is InChI=1S/C54H52N2/c1-4-16-37(17-5-1)40-22-14-23-44(33-40)56-52-29-13-10-24-47(52)49-27-15-26-46(54(49)56)41-30-31-53-50(36-41)48-25-11-12-28-51(48)55(53)45-34-42(38-18-6-2-7-19-38)32-43(35-45)39-20-8-3-9-21-39/h1-2,4,6,8,11-13,15-16,20-22,25-36,38,48,50-51,53H,3,5,7,9-10,14,17-19,23-24H2. The summed E-state index contributed by atoms with van der Waals surface area (Å²) in [4.78, 5) is 2.78. The minimum absolute atomic E-state index is 0.292. The summed E-state index contributed by atoms with van der Waals surface area (Å²) < 4.78 is 2.66. The van der Waals surface area contributed by atoms with Crippen molar-refractivity contribution in [2.24, 2.45) is 11.8 Å². The Balaban J connectivity index is 1.02. The zero-order chi connectivity index (χ0) is 37.0. The van der Waals surface area contributed by atoms with E-state index in [4.69, 9.17) is 0 Å². The van der Waals surface area contributed by atoms with Crippen LogP contribution in [0.25, 0.3) is 33.8 Å². The minimum Gasteiger partial charge on any atom is -0.357 e. The highest BCUT2D eigenvalue weighted by Crippen LogP contribution is 2.49. The Hall–Kier alpha value is -5.34. The Morgan fingerprint density at radius 1 is 0.643 bits per heavy atom. The molecule has 7 aliphatic carbocycles. The number of rotatable bonds is 6. The van der Waals surface area contributed by atoms with Crippen LogP contribution in [0.3, 0.4) is 0 Å². The van der Waals surface area contributed by atoms with Crippen molar-refractivity contribution in [3.8, 4) is 0 Å². The molecule has 0 bridgehead atoms. The van der Waals surface area contributed by atoms with Crippen LogP contribution in [-0.4, -0.2) is 16.7 Å². The summed E-state index contributed by atoms with van der Waals surface area (Å²) in [7, 11) is 0. The molecule has 3 aromatic rings. The summed E-state index contributed by atoms with van der Waals surface area (Å²) in [5.74, 6) is 1.37. The zero-order valence-electron chi connectivity index (χ0n) is 32.5. The fourth-order valence-electron chi connectivity index (χ4n) is 11.1. The predicted molar refractivity (Wildman–Crippen MR) is 238 cm³/mol. The maximum absolute atomic E-state index is 2.78. The number of aryl methyl sites for hydroxylation is 1. The van der Waals surface area contributed by atoms with Crippen molar-refractivity contribution in [3.63, 3.8) is 0 Å². The van der Waals surface area contributed by atoms with E-state index >= 15 is 0 Å². The average molecular weight is 729 g/mol. The molecule has 5 atom stereocenters. The second-order valence-electron chi connectivity index (χ2n) is 17.1. The lowest BCUT2D eigenvalue weighted by Crippen LogP contribution is -2.37. The number of fused-ring (bicyclic) bond motifs is 6. The fourth-order valence-corrected chi connectivity index (χ4v) is 11.1. The maximum Gasteiger partial charge on any atom is 0.0612 e. The summed E-state index contributed by atoms with van der Waals surface area (Å²) in [5, 5.41) is 1.43. The van der Waals surface area contributed by atoms with Gasteiger partial charge in [0.15, 0.2) is 0 Å². The molecule has 2 nitrogen and oxygen atoms in total. The molecule has 8 aliphatic rings. The first kappa shape index (κ1) is 34.0. The van der Waals surface area contributed by atoms with Crippen LogP contribution >= 0.6 is 0 Å². The molecule has 1 aromatic heterocycles. The number of para-hydroxylation sites is 1. The third-order valence-electron chi connectivity index (χ3n) is 13.8. The quantitative estimate of drug-likeness (QED) is 0.230. The van der Waals surface area contributed by atoms with Gasteiger partial charge < -0.3 is 9.47 Å². The van der Waals surface area contributed by atoms with E-state index in [-0.39, 0.29) is 0 Å². The lowest BCUT2D eigenvalue weighted by Gasteiger charge is -2.34. The highest BCUT2D eigenvalue weighted by molar-refractivity contribution is 6.01. The Morgan fingerprint density at radius 3 is 2.45 bits per heavy atom. The largest absolute Gasteiger partial charge is 0.357 e. The van der Waals surface area contributed by atoms with E-state index in [1.807, 2.05) is 0 Å². The molecule has 2 heterocycles. The molecule has 2 aromatic carbocycles. The van der Waals surface area contributed by atoms with Gasteiger partial charge in [0.25, 0.3) is 0 Å². The SMILES string of the molecule is C1=CCCC(C2=CCCC(n3c4c(c5cccc(C6=CC7C8C=CC=CC8N(c8cc(C9=CCCC=C9)cc(C9CC=CCC9)c8)C7C=C6)c53)CCC=C4)=C2)=C1. The Kier molecular flexibility index (Phi) is 8.67. The molecule has 0 amide bonds. The topological polar surface area (TPSA) is 8.17 Å². The van der Waals surface area contributed by atoms with Crippen molar-refractivity contribution >= 4 is 39.5 Å². The minimum atomic E-state index is 0.292. The fraction of sp³-hybridized carbons (Fsp3) is 0.296. The molecule has 11 rings (SSSR count). The molecule has 56 heavy (non-hydrogen) atoms. The number of aromatic nitrogens is 1. The van der Waals surface area contributed by atoms with Crippen LogP contribution in [0.4, 0.5) is 5.69 Å². The normalized spacial score (nSPS) is 27.4. The molecule has 0 radical (unpaired) electrons. The molecule has 1 aliphatic heterocycles. The number of hydrogen-bond acceptors (Lipinski definition) is 1. The molecule has 278 valence electrons. The Labute approximate surface area is 333 Å². The summed E-state index contributed by atoms with van der Waals surface area (Å²) in [6, 6.07) is 15.3. The number of nitrogens with zero attached hydrogens (tertiary/aromatic N) is 2. The third kappa shape index (κ3) is 5.83. The molecule has 2 heteroatoms. The second kappa shape index (κ2) is 14.3. The first-order valence-corrected chi connectivity index (χ1v) is 21.6. The van der Waals surface area contributed by atoms with Crippen LogP contribution in [0.1, 0.15) is 98.1 Å². The molecule has 1 saturated heterocycles. The van der Waals surface area contributed by atoms with Crippen LogP contribution in [0.15, 0.2) is 157 Å². The van der Waals surface area contributed by atoms with Gasteiger partial charge in [0.1, 0.15) is 0 Å². The van der Waals surface area contributed by atoms with Crippen molar-refractivity contribution in [1.82, 2.24) is 4.57 Å². The molecule has 1 fully saturated rings. The van der Waals surface area contributed by atoms with Crippen molar-refractivity contribution in [2.75, 3.05) is 4.90 Å². The highest BCUT2D eigenvalue weighted by Gasteiger charge is 2.46. The first-order chi connectivity index (χ1) is 27.8. The van der Waals surface area contributed by atoms with Gasteiger partial charge in [0.05, 0.1) is 17.6 Å². The zero-order valence-corrected chi connectivity index (χ0v) is 32.5. The van der Waals surface area contributed by atoms with Gasteiger partial charge in [0.2, 0.25) is 0 Å². The molecular weight excluding hydrogens is 677 g/mol. The van der Waals surface area contributed by atoms with Crippen LogP contribution in [0.2, 0.25) is 0 Å². The Morgan fingerprint density at radius 2 is 1.55 bits per heavy atom. The predicted octanol–water partition coefficient (Wildman–Crippen LogP) is 13.6. The number of allylic oxidation sites excluding steroid dienone is 19. The lowest BCUT2D eigenvalue weighted by molar-refractivity contribution is 0.528. The first-order valence-electron chi connectivity index (χ1n) is 21.6. The van der Waals surface area contributed by atoms with Gasteiger partial charge >= 0.3 is 0 Å². The number of anilines is 1. The third-order valence-corrected chi connectivity index (χ3v) is 13.8. The molecule has 0 N–H and O–H groups in total. The molecule has 0 spiro atoms. The molecule has 0 saturated carbocycles.